The molecule has 3 rings (SSSR count). The molecule has 3 aromatic rings. The number of aryl methyl sites for hydroxylation is 3. The van der Waals surface area contributed by atoms with E-state index in [1.165, 1.54) is 21.6 Å². The van der Waals surface area contributed by atoms with E-state index in [-0.39, 0.29) is 0 Å². The van der Waals surface area contributed by atoms with Crippen molar-refractivity contribution in [2.24, 2.45) is 0 Å². The number of hydrogen-bond donors (Lipinski definition) is 1. The van der Waals surface area contributed by atoms with E-state index < -0.39 is 0 Å². The van der Waals surface area contributed by atoms with Crippen LogP contribution in [0.4, 0.5) is 5.69 Å². The largest absolute Gasteiger partial charge is 0.399 e. The zero-order valence-electron chi connectivity index (χ0n) is 12.5. The molecule has 0 aliphatic rings. The molecule has 0 radical (unpaired) electrons. The summed E-state index contributed by atoms with van der Waals surface area (Å²) in [6.07, 6.45) is 0. The first-order valence-electron chi connectivity index (χ1n) is 6.95. The van der Waals surface area contributed by atoms with Gasteiger partial charge in [0.25, 0.3) is 0 Å². The molecule has 0 aliphatic carbocycles. The second-order valence-electron chi connectivity index (χ2n) is 5.37. The molecular weight excluding hydrogens is 276 g/mol. The Labute approximate surface area is 129 Å². The second-order valence-corrected chi connectivity index (χ2v) is 6.57. The lowest BCUT2D eigenvalue weighted by atomic mass is 10.0. The zero-order chi connectivity index (χ0) is 15.0. The third-order valence-corrected chi connectivity index (χ3v) is 4.59. The van der Waals surface area contributed by atoms with Crippen molar-refractivity contribution in [2.75, 3.05) is 5.73 Å². The van der Waals surface area contributed by atoms with E-state index in [0.717, 1.165) is 22.0 Å². The minimum atomic E-state index is 0.772. The first-order chi connectivity index (χ1) is 10.0. The van der Waals surface area contributed by atoms with Gasteiger partial charge in [0.2, 0.25) is 0 Å². The SMILES string of the molecule is Cc1ccc(-c2nc(-c3cccc(N)c3)sc2C)c(C)c1. The number of anilines is 1. The molecule has 0 saturated heterocycles. The van der Waals surface area contributed by atoms with Gasteiger partial charge in [0, 0.05) is 21.7 Å². The summed E-state index contributed by atoms with van der Waals surface area (Å²) in [6.45, 7) is 6.38. The summed E-state index contributed by atoms with van der Waals surface area (Å²) in [7, 11) is 0. The number of hydrogen-bond acceptors (Lipinski definition) is 3. The van der Waals surface area contributed by atoms with Gasteiger partial charge in [-0.25, -0.2) is 4.98 Å². The number of benzene rings is 2. The Balaban J connectivity index is 2.10. The predicted molar refractivity (Wildman–Crippen MR) is 91.6 cm³/mol. The van der Waals surface area contributed by atoms with Crippen LogP contribution in [-0.2, 0) is 0 Å². The third kappa shape index (κ3) is 2.69. The molecule has 106 valence electrons. The maximum absolute atomic E-state index is 5.87. The average Bonchev–Trinajstić information content (AvgIpc) is 2.81. The van der Waals surface area contributed by atoms with Gasteiger partial charge in [-0.15, -0.1) is 11.3 Å². The molecule has 2 N–H and O–H groups in total. The molecule has 1 aromatic heterocycles. The van der Waals surface area contributed by atoms with Crippen LogP contribution >= 0.6 is 11.3 Å². The topological polar surface area (TPSA) is 38.9 Å². The van der Waals surface area contributed by atoms with Crippen molar-refractivity contribution in [3.05, 3.63) is 58.5 Å². The molecule has 2 aromatic carbocycles. The van der Waals surface area contributed by atoms with E-state index in [9.17, 15) is 0 Å². The fourth-order valence-corrected chi connectivity index (χ4v) is 3.44. The van der Waals surface area contributed by atoms with Gasteiger partial charge in [-0.3, -0.25) is 0 Å². The lowest BCUT2D eigenvalue weighted by Crippen LogP contribution is -1.87. The highest BCUT2D eigenvalue weighted by atomic mass is 32.1. The molecule has 3 heteroatoms. The van der Waals surface area contributed by atoms with Crippen LogP contribution in [0.1, 0.15) is 16.0 Å². The van der Waals surface area contributed by atoms with Gasteiger partial charge in [0.1, 0.15) is 5.01 Å². The van der Waals surface area contributed by atoms with Crippen LogP contribution in [-0.4, -0.2) is 4.98 Å². The fourth-order valence-electron chi connectivity index (χ4n) is 2.52. The fraction of sp³-hybridized carbons (Fsp3) is 0.167. The molecule has 1 heterocycles. The van der Waals surface area contributed by atoms with Gasteiger partial charge in [0.15, 0.2) is 0 Å². The Kier molecular flexibility index (Phi) is 3.52. The summed E-state index contributed by atoms with van der Waals surface area (Å²) >= 11 is 1.72. The molecule has 0 amide bonds. The molecule has 0 aliphatic heterocycles. The van der Waals surface area contributed by atoms with Crippen LogP contribution in [0.2, 0.25) is 0 Å². The second kappa shape index (κ2) is 5.34. The van der Waals surface area contributed by atoms with Gasteiger partial charge in [-0.2, -0.15) is 0 Å². The predicted octanol–water partition coefficient (Wildman–Crippen LogP) is 4.98. The highest BCUT2D eigenvalue weighted by molar-refractivity contribution is 7.15. The van der Waals surface area contributed by atoms with E-state index in [4.69, 9.17) is 10.7 Å². The lowest BCUT2D eigenvalue weighted by Gasteiger charge is -2.05. The Hall–Kier alpha value is -2.13. The summed E-state index contributed by atoms with van der Waals surface area (Å²) in [5.41, 5.74) is 12.6. The standard InChI is InChI=1S/C18H18N2S/c1-11-7-8-16(12(2)9-11)17-13(3)21-18(20-17)14-5-4-6-15(19)10-14/h4-10H,19H2,1-3H3. The molecule has 0 spiro atoms. The number of thiazole rings is 1. The van der Waals surface area contributed by atoms with Crippen molar-refractivity contribution >= 4 is 17.0 Å². The van der Waals surface area contributed by atoms with Gasteiger partial charge in [-0.1, -0.05) is 35.9 Å². The Morgan fingerprint density at radius 2 is 1.81 bits per heavy atom. The number of nitrogens with two attached hydrogens (primary N) is 1. The van der Waals surface area contributed by atoms with E-state index in [1.54, 1.807) is 11.3 Å². The summed E-state index contributed by atoms with van der Waals surface area (Å²) in [5, 5.41) is 1.02. The van der Waals surface area contributed by atoms with Crippen LogP contribution in [0.25, 0.3) is 21.8 Å². The van der Waals surface area contributed by atoms with Gasteiger partial charge in [-0.05, 0) is 38.5 Å². The van der Waals surface area contributed by atoms with E-state index in [2.05, 4.69) is 45.0 Å². The Morgan fingerprint density at radius 3 is 2.52 bits per heavy atom. The molecule has 2 nitrogen and oxygen atoms in total. The average molecular weight is 294 g/mol. The summed E-state index contributed by atoms with van der Waals surface area (Å²) in [6, 6.07) is 14.4. The number of rotatable bonds is 2. The highest BCUT2D eigenvalue weighted by Crippen LogP contribution is 2.35. The molecule has 0 bridgehead atoms. The van der Waals surface area contributed by atoms with E-state index in [0.29, 0.717) is 0 Å². The first-order valence-corrected chi connectivity index (χ1v) is 7.77. The molecule has 0 atom stereocenters. The minimum Gasteiger partial charge on any atom is -0.399 e. The monoisotopic (exact) mass is 294 g/mol. The van der Waals surface area contributed by atoms with Gasteiger partial charge >= 0.3 is 0 Å². The van der Waals surface area contributed by atoms with Crippen LogP contribution in [0.5, 0.6) is 0 Å². The van der Waals surface area contributed by atoms with Crippen molar-refractivity contribution in [3.8, 4) is 21.8 Å². The Morgan fingerprint density at radius 1 is 1.00 bits per heavy atom. The number of nitrogens with zero attached hydrogens (tertiary/aromatic N) is 1. The molecule has 0 fully saturated rings. The third-order valence-electron chi connectivity index (χ3n) is 3.57. The molecule has 0 saturated carbocycles. The maximum atomic E-state index is 5.87. The van der Waals surface area contributed by atoms with Gasteiger partial charge < -0.3 is 5.73 Å². The Bertz CT molecular complexity index is 803. The minimum absolute atomic E-state index is 0.772. The summed E-state index contributed by atoms with van der Waals surface area (Å²) in [4.78, 5) is 6.08. The molecule has 0 unspecified atom stereocenters. The molecule has 21 heavy (non-hydrogen) atoms. The van der Waals surface area contributed by atoms with Crippen LogP contribution in [0.15, 0.2) is 42.5 Å². The smallest absolute Gasteiger partial charge is 0.124 e. The first kappa shape index (κ1) is 13.8. The maximum Gasteiger partial charge on any atom is 0.124 e. The van der Waals surface area contributed by atoms with Crippen LogP contribution < -0.4 is 5.73 Å². The van der Waals surface area contributed by atoms with Crippen molar-refractivity contribution in [1.82, 2.24) is 4.98 Å². The lowest BCUT2D eigenvalue weighted by molar-refractivity contribution is 1.32. The number of aromatic nitrogens is 1. The quantitative estimate of drug-likeness (QED) is 0.677. The van der Waals surface area contributed by atoms with E-state index in [1.807, 2.05) is 18.2 Å². The zero-order valence-corrected chi connectivity index (χ0v) is 13.3. The summed E-state index contributed by atoms with van der Waals surface area (Å²) in [5.74, 6) is 0. The van der Waals surface area contributed by atoms with Crippen molar-refractivity contribution in [1.29, 1.82) is 0 Å². The van der Waals surface area contributed by atoms with Crippen molar-refractivity contribution in [2.45, 2.75) is 20.8 Å². The highest BCUT2D eigenvalue weighted by Gasteiger charge is 2.13. The van der Waals surface area contributed by atoms with Crippen LogP contribution in [0, 0.1) is 20.8 Å². The van der Waals surface area contributed by atoms with E-state index >= 15 is 0 Å². The normalized spacial score (nSPS) is 10.8. The van der Waals surface area contributed by atoms with Crippen molar-refractivity contribution in [3.63, 3.8) is 0 Å². The van der Waals surface area contributed by atoms with Gasteiger partial charge in [0.05, 0.1) is 5.69 Å². The van der Waals surface area contributed by atoms with Crippen molar-refractivity contribution < 1.29 is 0 Å². The molecular formula is C18H18N2S. The number of nitrogen functional groups attached to an aromatic ring is 1. The summed E-state index contributed by atoms with van der Waals surface area (Å²) < 4.78 is 0. The van der Waals surface area contributed by atoms with Crippen LogP contribution in [0.3, 0.4) is 0 Å².